The lowest BCUT2D eigenvalue weighted by Gasteiger charge is -2.19. The molecule has 1 aliphatic carbocycles. The summed E-state index contributed by atoms with van der Waals surface area (Å²) in [5.74, 6) is -1.69. The Morgan fingerprint density at radius 1 is 1.32 bits per heavy atom. The summed E-state index contributed by atoms with van der Waals surface area (Å²) >= 11 is 0. The molecule has 1 unspecified atom stereocenters. The van der Waals surface area contributed by atoms with Gasteiger partial charge in [-0.2, -0.15) is 0 Å². The van der Waals surface area contributed by atoms with Crippen molar-refractivity contribution < 1.29 is 18.3 Å². The summed E-state index contributed by atoms with van der Waals surface area (Å²) in [7, 11) is 0. The second-order valence-electron chi connectivity index (χ2n) is 5.77. The molecular formula is C14H17F2NO2. The van der Waals surface area contributed by atoms with Crippen molar-refractivity contribution in [1.29, 1.82) is 0 Å². The Kier molecular flexibility index (Phi) is 3.47. The first kappa shape index (κ1) is 13.8. The lowest BCUT2D eigenvalue weighted by molar-refractivity contribution is 0.0523. The maximum absolute atomic E-state index is 13.1. The van der Waals surface area contributed by atoms with Gasteiger partial charge in [-0.3, -0.25) is 0 Å². The molecule has 0 bridgehead atoms. The Morgan fingerprint density at radius 2 is 2.00 bits per heavy atom. The standard InChI is InChI=1S/C14H17F2NO2/c1-14(2,3)19-13(18)17-12-7-9(12)8-4-5-10(15)11(16)6-8/h4-6,9,12H,7H2,1-3H3,(H,17,18)/t9-,12?/m0/s1. The van der Waals surface area contributed by atoms with Crippen molar-refractivity contribution in [3.05, 3.63) is 35.4 Å². The lowest BCUT2D eigenvalue weighted by atomic mass is 10.1. The average molecular weight is 269 g/mol. The Morgan fingerprint density at radius 3 is 2.58 bits per heavy atom. The minimum absolute atomic E-state index is 0.0302. The van der Waals surface area contributed by atoms with Gasteiger partial charge in [-0.25, -0.2) is 13.6 Å². The third kappa shape index (κ3) is 3.66. The van der Waals surface area contributed by atoms with E-state index < -0.39 is 23.3 Å². The molecule has 1 aliphatic rings. The number of carbonyl (C=O) groups excluding carboxylic acids is 1. The number of rotatable bonds is 2. The summed E-state index contributed by atoms with van der Waals surface area (Å²) in [5, 5.41) is 2.72. The van der Waals surface area contributed by atoms with Crippen molar-refractivity contribution in [2.75, 3.05) is 0 Å². The van der Waals surface area contributed by atoms with Gasteiger partial charge in [0.25, 0.3) is 0 Å². The van der Waals surface area contributed by atoms with Gasteiger partial charge in [0, 0.05) is 12.0 Å². The summed E-state index contributed by atoms with van der Waals surface area (Å²) in [5.41, 5.74) is 0.149. The molecule has 1 aromatic rings. The van der Waals surface area contributed by atoms with E-state index in [9.17, 15) is 13.6 Å². The molecule has 1 N–H and O–H groups in total. The first-order valence-corrected chi connectivity index (χ1v) is 6.21. The van der Waals surface area contributed by atoms with E-state index in [1.54, 1.807) is 26.8 Å². The zero-order valence-electron chi connectivity index (χ0n) is 11.2. The Bertz CT molecular complexity index is 497. The number of carbonyl (C=O) groups is 1. The average Bonchev–Trinajstić information content (AvgIpc) is 2.98. The second kappa shape index (κ2) is 4.79. The highest BCUT2D eigenvalue weighted by molar-refractivity contribution is 5.69. The van der Waals surface area contributed by atoms with E-state index in [2.05, 4.69) is 5.32 Å². The zero-order chi connectivity index (χ0) is 14.2. The molecule has 1 saturated carbocycles. The number of amides is 1. The van der Waals surface area contributed by atoms with Crippen molar-refractivity contribution in [1.82, 2.24) is 5.32 Å². The quantitative estimate of drug-likeness (QED) is 0.894. The van der Waals surface area contributed by atoms with Crippen LogP contribution in [0.1, 0.15) is 38.7 Å². The molecule has 0 radical (unpaired) electrons. The number of hydrogen-bond acceptors (Lipinski definition) is 2. The molecule has 2 atom stereocenters. The molecule has 2 rings (SSSR count). The number of alkyl carbamates (subject to hydrolysis) is 1. The third-order valence-electron chi connectivity index (χ3n) is 2.86. The Labute approximate surface area is 111 Å². The molecule has 1 fully saturated rings. The van der Waals surface area contributed by atoms with Crippen LogP contribution in [0.2, 0.25) is 0 Å². The fourth-order valence-electron chi connectivity index (χ4n) is 1.92. The van der Waals surface area contributed by atoms with Gasteiger partial charge in [0.1, 0.15) is 5.60 Å². The van der Waals surface area contributed by atoms with Crippen molar-refractivity contribution >= 4 is 6.09 Å². The molecule has 19 heavy (non-hydrogen) atoms. The molecule has 5 heteroatoms. The maximum atomic E-state index is 13.1. The monoisotopic (exact) mass is 269 g/mol. The molecular weight excluding hydrogens is 252 g/mol. The second-order valence-corrected chi connectivity index (χ2v) is 5.77. The first-order valence-electron chi connectivity index (χ1n) is 6.21. The highest BCUT2D eigenvalue weighted by Crippen LogP contribution is 2.41. The van der Waals surface area contributed by atoms with Crippen LogP contribution in [0.15, 0.2) is 18.2 Å². The fourth-order valence-corrected chi connectivity index (χ4v) is 1.92. The van der Waals surface area contributed by atoms with Crippen LogP contribution in [0.4, 0.5) is 13.6 Å². The number of ether oxygens (including phenoxy) is 1. The van der Waals surface area contributed by atoms with Gasteiger partial charge in [0.15, 0.2) is 11.6 Å². The van der Waals surface area contributed by atoms with Crippen LogP contribution in [-0.2, 0) is 4.74 Å². The summed E-state index contributed by atoms with van der Waals surface area (Å²) in [6.07, 6.45) is 0.229. The first-order chi connectivity index (χ1) is 8.76. The van der Waals surface area contributed by atoms with Crippen molar-refractivity contribution in [3.63, 3.8) is 0 Å². The predicted molar refractivity (Wildman–Crippen MR) is 66.9 cm³/mol. The highest BCUT2D eigenvalue weighted by Gasteiger charge is 2.40. The van der Waals surface area contributed by atoms with Gasteiger partial charge in [0.05, 0.1) is 0 Å². The molecule has 0 heterocycles. The SMILES string of the molecule is CC(C)(C)OC(=O)NC1C[C@H]1c1ccc(F)c(F)c1. The van der Waals surface area contributed by atoms with E-state index >= 15 is 0 Å². The van der Waals surface area contributed by atoms with Gasteiger partial charge < -0.3 is 10.1 Å². The van der Waals surface area contributed by atoms with Gasteiger partial charge in [-0.15, -0.1) is 0 Å². The number of benzene rings is 1. The number of hydrogen-bond donors (Lipinski definition) is 1. The van der Waals surface area contributed by atoms with E-state index in [-0.39, 0.29) is 12.0 Å². The van der Waals surface area contributed by atoms with E-state index in [0.717, 1.165) is 6.07 Å². The van der Waals surface area contributed by atoms with Crippen molar-refractivity contribution in [3.8, 4) is 0 Å². The van der Waals surface area contributed by atoms with Crippen LogP contribution < -0.4 is 5.32 Å². The Balaban J connectivity index is 1.90. The van der Waals surface area contributed by atoms with Crippen LogP contribution >= 0.6 is 0 Å². The molecule has 0 aliphatic heterocycles. The van der Waals surface area contributed by atoms with Gasteiger partial charge in [-0.1, -0.05) is 6.07 Å². The summed E-state index contributed by atoms with van der Waals surface area (Å²) in [4.78, 5) is 11.5. The highest BCUT2D eigenvalue weighted by atomic mass is 19.2. The van der Waals surface area contributed by atoms with E-state index in [4.69, 9.17) is 4.74 Å². The predicted octanol–water partition coefficient (Wildman–Crippen LogP) is 3.35. The van der Waals surface area contributed by atoms with Crippen LogP contribution in [0.3, 0.4) is 0 Å². The molecule has 0 saturated heterocycles. The smallest absolute Gasteiger partial charge is 0.407 e. The molecule has 1 aromatic carbocycles. The number of nitrogens with one attached hydrogen (secondary N) is 1. The molecule has 3 nitrogen and oxygen atoms in total. The van der Waals surface area contributed by atoms with Crippen LogP contribution in [0, 0.1) is 11.6 Å². The Hall–Kier alpha value is -1.65. The van der Waals surface area contributed by atoms with Crippen LogP contribution in [-0.4, -0.2) is 17.7 Å². The third-order valence-corrected chi connectivity index (χ3v) is 2.86. The zero-order valence-corrected chi connectivity index (χ0v) is 11.2. The lowest BCUT2D eigenvalue weighted by Crippen LogP contribution is -2.34. The topological polar surface area (TPSA) is 38.3 Å². The summed E-state index contributed by atoms with van der Waals surface area (Å²) < 4.78 is 31.0. The summed E-state index contributed by atoms with van der Waals surface area (Å²) in [6.45, 7) is 5.35. The van der Waals surface area contributed by atoms with E-state index in [0.29, 0.717) is 12.0 Å². The van der Waals surface area contributed by atoms with E-state index in [1.807, 2.05) is 0 Å². The fraction of sp³-hybridized carbons (Fsp3) is 0.500. The summed E-state index contributed by atoms with van der Waals surface area (Å²) in [6, 6.07) is 3.75. The van der Waals surface area contributed by atoms with Crippen LogP contribution in [0.25, 0.3) is 0 Å². The number of halogens is 2. The normalized spacial score (nSPS) is 21.9. The molecule has 104 valence electrons. The van der Waals surface area contributed by atoms with Gasteiger partial charge in [-0.05, 0) is 44.9 Å². The van der Waals surface area contributed by atoms with Gasteiger partial charge in [0.2, 0.25) is 0 Å². The van der Waals surface area contributed by atoms with E-state index in [1.165, 1.54) is 6.07 Å². The molecule has 0 aromatic heterocycles. The largest absolute Gasteiger partial charge is 0.444 e. The van der Waals surface area contributed by atoms with Crippen molar-refractivity contribution in [2.45, 2.75) is 44.8 Å². The molecule has 1 amide bonds. The van der Waals surface area contributed by atoms with Gasteiger partial charge >= 0.3 is 6.09 Å². The minimum Gasteiger partial charge on any atom is -0.444 e. The van der Waals surface area contributed by atoms with Crippen LogP contribution in [0.5, 0.6) is 0 Å². The maximum Gasteiger partial charge on any atom is 0.407 e. The minimum atomic E-state index is -0.861. The molecule has 0 spiro atoms. The van der Waals surface area contributed by atoms with Crippen molar-refractivity contribution in [2.24, 2.45) is 0 Å².